The summed E-state index contributed by atoms with van der Waals surface area (Å²) in [4.78, 5) is 23.6. The van der Waals surface area contributed by atoms with Crippen LogP contribution in [0.2, 0.25) is 10.0 Å². The number of nitrogens with zero attached hydrogens (tertiary/aromatic N) is 10. The first-order valence-electron chi connectivity index (χ1n) is 19.5. The summed E-state index contributed by atoms with van der Waals surface area (Å²) in [5.74, 6) is -16.2. The third-order valence-electron chi connectivity index (χ3n) is 9.86. The summed E-state index contributed by atoms with van der Waals surface area (Å²) >= 11 is 11.8. The molecule has 2 saturated carbocycles. The summed E-state index contributed by atoms with van der Waals surface area (Å²) in [6.07, 6.45) is -18.2. The van der Waals surface area contributed by atoms with Gasteiger partial charge in [-0.05, 0) is 49.9 Å². The van der Waals surface area contributed by atoms with Gasteiger partial charge < -0.3 is 16.2 Å². The van der Waals surface area contributed by atoms with Crippen LogP contribution in [0, 0.1) is 0 Å². The number of benzene rings is 2. The quantitative estimate of drug-likeness (QED) is 0.118. The second kappa shape index (κ2) is 18.9. The van der Waals surface area contributed by atoms with Crippen molar-refractivity contribution in [1.29, 1.82) is 0 Å². The van der Waals surface area contributed by atoms with Crippen LogP contribution in [0.3, 0.4) is 0 Å². The lowest BCUT2D eigenvalue weighted by Gasteiger charge is -2.19. The van der Waals surface area contributed by atoms with Gasteiger partial charge in [-0.2, -0.15) is 80.4 Å². The minimum atomic E-state index is -6.34. The van der Waals surface area contributed by atoms with E-state index in [-0.39, 0.29) is 59.1 Å². The largest absolute Gasteiger partial charge is 0.478 e. The lowest BCUT2D eigenvalue weighted by Crippen LogP contribution is -2.36. The van der Waals surface area contributed by atoms with Crippen molar-refractivity contribution in [3.8, 4) is 34.2 Å². The maximum absolute atomic E-state index is 13.9. The molecule has 4 N–H and O–H groups in total. The zero-order valence-electron chi connectivity index (χ0n) is 35.2. The van der Waals surface area contributed by atoms with Gasteiger partial charge in [-0.1, -0.05) is 45.8 Å². The molecule has 15 nitrogen and oxygen atoms in total. The average Bonchev–Trinajstić information content (AvgIpc) is 3.96. The number of hydrogen-bond donors (Lipinski definition) is 3. The van der Waals surface area contributed by atoms with Crippen molar-refractivity contribution in [3.63, 3.8) is 0 Å². The minimum absolute atomic E-state index is 0.0118. The van der Waals surface area contributed by atoms with Crippen molar-refractivity contribution in [1.82, 2.24) is 54.9 Å². The van der Waals surface area contributed by atoms with E-state index in [0.717, 1.165) is 44.4 Å². The molecule has 33 heteroatoms. The fourth-order valence-corrected chi connectivity index (χ4v) is 6.48. The zero-order valence-corrected chi connectivity index (χ0v) is 36.7. The predicted octanol–water partition coefficient (Wildman–Crippen LogP) is 9.69. The average molecular weight is 1080 g/mol. The van der Waals surface area contributed by atoms with Crippen molar-refractivity contribution < 1.29 is 84.9 Å². The Morgan fingerprint density at radius 1 is 0.634 bits per heavy atom. The highest BCUT2D eigenvalue weighted by Crippen LogP contribution is 2.51. The molecule has 2 aromatic carbocycles. The number of nitrogens with one attached hydrogen (secondary N) is 1. The molecule has 2 fully saturated rings. The van der Waals surface area contributed by atoms with E-state index in [1.54, 1.807) is 0 Å². The number of hydrogen-bond acceptors (Lipinski definition) is 9. The Bertz CT molecular complexity index is 2970. The Morgan fingerprint density at radius 2 is 1.00 bits per heavy atom. The summed E-state index contributed by atoms with van der Waals surface area (Å²) in [5.41, 5.74) is -4.97. The van der Waals surface area contributed by atoms with Gasteiger partial charge in [-0.15, -0.1) is 10.2 Å². The minimum Gasteiger partial charge on any atom is -0.478 e. The highest BCUT2D eigenvalue weighted by atomic mass is 35.5. The molecular weight excluding hydrogens is 1050 g/mol. The van der Waals surface area contributed by atoms with Gasteiger partial charge in [-0.25, -0.2) is 23.5 Å². The fraction of sp³-hybridized carbons (Fsp3) is 0.368. The molecule has 8 rings (SSSR count). The second-order valence-electron chi connectivity index (χ2n) is 15.4. The van der Waals surface area contributed by atoms with E-state index in [1.165, 1.54) is 37.1 Å². The van der Waals surface area contributed by atoms with E-state index in [2.05, 4.69) is 36.1 Å². The van der Waals surface area contributed by atoms with Crippen LogP contribution in [-0.2, 0) is 38.3 Å². The molecule has 2 aliphatic rings. The van der Waals surface area contributed by atoms with Crippen LogP contribution in [0.25, 0.3) is 34.2 Å². The Hall–Kier alpha value is -6.50. The topological polar surface area (TPSA) is 189 Å². The van der Waals surface area contributed by atoms with Gasteiger partial charge in [0.15, 0.2) is 23.0 Å². The summed E-state index contributed by atoms with van der Waals surface area (Å²) in [6, 6.07) is 8.04. The van der Waals surface area contributed by atoms with Gasteiger partial charge in [0.1, 0.15) is 22.5 Å². The smallest absolute Gasteiger partial charge is 0.459 e. The summed E-state index contributed by atoms with van der Waals surface area (Å²) in [6.45, 7) is 0. The van der Waals surface area contributed by atoms with Crippen LogP contribution >= 0.6 is 23.2 Å². The molecule has 0 bridgehead atoms. The number of aromatic carboxylic acids is 1. The third kappa shape index (κ3) is 11.3. The number of carboxylic acids is 1. The maximum atomic E-state index is 13.9. The first-order valence-corrected chi connectivity index (χ1v) is 20.2. The number of amides is 1. The van der Waals surface area contributed by atoms with E-state index >= 15 is 0 Å². The van der Waals surface area contributed by atoms with Crippen molar-refractivity contribution in [2.45, 2.75) is 74.3 Å². The van der Waals surface area contributed by atoms with Crippen molar-refractivity contribution in [2.75, 3.05) is 0 Å². The van der Waals surface area contributed by atoms with Crippen LogP contribution in [-0.4, -0.2) is 91.0 Å². The molecule has 0 aliphatic heterocycles. The number of aromatic nitrogens is 10. The van der Waals surface area contributed by atoms with Crippen LogP contribution in [0.5, 0.6) is 0 Å². The van der Waals surface area contributed by atoms with Gasteiger partial charge in [-0.3, -0.25) is 4.79 Å². The molecule has 0 spiro atoms. The third-order valence-corrected chi connectivity index (χ3v) is 10.5. The number of rotatable bonds is 9. The number of carboxylic acid groups (broad SMARTS) is 1. The first kappa shape index (κ1) is 53.8. The van der Waals surface area contributed by atoms with E-state index in [0.29, 0.717) is 22.5 Å². The lowest BCUT2D eigenvalue weighted by atomic mass is 10.1. The number of halogens is 18. The number of nitrogens with two attached hydrogens (primary N) is 1. The summed E-state index contributed by atoms with van der Waals surface area (Å²) in [5, 5.41) is 31.4. The van der Waals surface area contributed by atoms with Crippen LogP contribution in [0.4, 0.5) is 70.2 Å². The van der Waals surface area contributed by atoms with Crippen LogP contribution in [0.1, 0.15) is 68.9 Å². The number of carbonyl (C=O) groups is 2. The van der Waals surface area contributed by atoms with Crippen molar-refractivity contribution >= 4 is 35.1 Å². The molecule has 71 heavy (non-hydrogen) atoms. The van der Waals surface area contributed by atoms with E-state index in [1.807, 2.05) is 0 Å². The molecule has 2 aliphatic carbocycles. The Kier molecular flexibility index (Phi) is 14.3. The second-order valence-corrected chi connectivity index (χ2v) is 16.2. The van der Waals surface area contributed by atoms with E-state index in [9.17, 15) is 79.8 Å². The standard InChI is InChI=1S/C19H13ClF8N6O.C16H8ClF8N5O2.C3H7N/c1-33-16(13(18(23,24)25)14(31-33)17(21,22)19(26,27)28)34-7-12(30-32-34)8-2-5-11(20)10(6-8)15(35)29-9-3-4-9;1-29-12(10(15(20,21)22)11(27-29)14(18,19)16(23,24)25)30-5-9(26-28-30)6-2-3-8(17)7(4-6)13(31)32;4-3-1-2-3/h2,5-7,9H,3-4H2,1H3,(H,29,35);2-5H,1H3,(H,31,32);3H,1-2,4H2. The van der Waals surface area contributed by atoms with Gasteiger partial charge in [0, 0.05) is 37.3 Å². The number of carbonyl (C=O) groups excluding carboxylic acids is 1. The molecule has 0 saturated heterocycles. The fourth-order valence-electron chi connectivity index (χ4n) is 6.08. The number of alkyl halides is 16. The molecule has 4 heterocycles. The molecule has 1 amide bonds. The normalized spacial score (nSPS) is 14.7. The highest BCUT2D eigenvalue weighted by Gasteiger charge is 2.65. The van der Waals surface area contributed by atoms with Crippen molar-refractivity contribution in [3.05, 3.63) is 92.5 Å². The Morgan fingerprint density at radius 3 is 1.32 bits per heavy atom. The summed E-state index contributed by atoms with van der Waals surface area (Å²) < 4.78 is 215. The van der Waals surface area contributed by atoms with Crippen LogP contribution in [0.15, 0.2) is 48.8 Å². The van der Waals surface area contributed by atoms with E-state index in [4.69, 9.17) is 34.0 Å². The first-order chi connectivity index (χ1) is 32.6. The molecule has 0 atom stereocenters. The zero-order chi connectivity index (χ0) is 53.1. The maximum Gasteiger partial charge on any atom is 0.459 e. The predicted molar refractivity (Wildman–Crippen MR) is 212 cm³/mol. The highest BCUT2D eigenvalue weighted by molar-refractivity contribution is 6.34. The molecule has 384 valence electrons. The molecular formula is C38H28Cl2F16N12O3. The number of aryl methyl sites for hydroxylation is 2. The Labute approximate surface area is 395 Å². The van der Waals surface area contributed by atoms with E-state index < -0.39 is 82.6 Å². The van der Waals surface area contributed by atoms with Gasteiger partial charge in [0.2, 0.25) is 0 Å². The van der Waals surface area contributed by atoms with Gasteiger partial charge in [0.05, 0.1) is 33.6 Å². The lowest BCUT2D eigenvalue weighted by molar-refractivity contribution is -0.292. The monoisotopic (exact) mass is 1070 g/mol. The molecule has 6 aromatic rings. The Balaban J connectivity index is 0.000000216. The van der Waals surface area contributed by atoms with Gasteiger partial charge in [0.25, 0.3) is 5.91 Å². The van der Waals surface area contributed by atoms with Crippen molar-refractivity contribution in [2.24, 2.45) is 19.8 Å². The summed E-state index contributed by atoms with van der Waals surface area (Å²) in [7, 11) is 1.47. The SMILES string of the molecule is Cn1nc(C(F)(F)C(F)(F)F)c(C(F)(F)F)c1-n1cc(-c2ccc(Cl)c(C(=O)NC3CC3)c2)nn1.Cn1nc(C(F)(F)C(F)(F)F)c(C(F)(F)F)c1-n1cc(-c2ccc(Cl)c(C(=O)O)c2)nn1.NC1CC1. The molecule has 0 radical (unpaired) electrons. The molecule has 0 unspecified atom stereocenters. The van der Waals surface area contributed by atoms with Gasteiger partial charge >= 0.3 is 42.5 Å². The van der Waals surface area contributed by atoms with Crippen LogP contribution < -0.4 is 11.1 Å². The molecule has 4 aromatic heterocycles.